The summed E-state index contributed by atoms with van der Waals surface area (Å²) in [7, 11) is -4.65. The Bertz CT molecular complexity index is 1350. The minimum atomic E-state index is -4.65. The van der Waals surface area contributed by atoms with Crippen LogP contribution in [0, 0.1) is 5.41 Å². The number of ether oxygens (including phenoxy) is 2. The van der Waals surface area contributed by atoms with Gasteiger partial charge in [0.1, 0.15) is 24.4 Å². The van der Waals surface area contributed by atoms with E-state index < -0.39 is 91.5 Å². The molecule has 42 heavy (non-hydrogen) atoms. The van der Waals surface area contributed by atoms with Crippen molar-refractivity contribution in [3.63, 3.8) is 0 Å². The fraction of sp³-hybridized carbons (Fsp3) is 0.750. The van der Waals surface area contributed by atoms with Crippen LogP contribution in [0.1, 0.15) is 47.8 Å². The van der Waals surface area contributed by atoms with Gasteiger partial charge in [0, 0.05) is 18.0 Å². The van der Waals surface area contributed by atoms with Gasteiger partial charge in [0.05, 0.1) is 24.7 Å². The molecule has 5 N–H and O–H groups in total. The molecule has 238 valence electrons. The predicted octanol–water partition coefficient (Wildman–Crippen LogP) is -0.0127. The van der Waals surface area contributed by atoms with Crippen molar-refractivity contribution in [1.82, 2.24) is 14.6 Å². The average molecular weight is 642 g/mol. The maximum Gasteiger partial charge on any atom is 0.406 e. The molecule has 18 heteroatoms. The molecule has 1 aromatic rings. The van der Waals surface area contributed by atoms with Crippen molar-refractivity contribution in [2.24, 2.45) is 5.41 Å². The first-order valence-corrected chi connectivity index (χ1v) is 15.5. The summed E-state index contributed by atoms with van der Waals surface area (Å²) in [6.07, 6.45) is -3.04. The van der Waals surface area contributed by atoms with Crippen LogP contribution in [-0.2, 0) is 32.7 Å². The monoisotopic (exact) mass is 641 g/mol. The highest BCUT2D eigenvalue weighted by atomic mass is 32.2. The third kappa shape index (κ3) is 6.16. The van der Waals surface area contributed by atoms with Gasteiger partial charge in [-0.3, -0.25) is 33.0 Å². The highest BCUT2D eigenvalue weighted by Gasteiger charge is 2.93. The molecule has 3 rings (SSSR count). The van der Waals surface area contributed by atoms with Crippen molar-refractivity contribution in [3.05, 3.63) is 33.1 Å². The number of nitrogens with zero attached hydrogens (tertiary/aromatic N) is 1. The highest BCUT2D eigenvalue weighted by molar-refractivity contribution is 8.13. The quantitative estimate of drug-likeness (QED) is 0.103. The van der Waals surface area contributed by atoms with Crippen LogP contribution in [0.2, 0.25) is 0 Å². The number of carbonyl (C=O) groups is 2. The number of thioether (sulfide) groups is 1. The molecule has 0 aromatic carbocycles. The Morgan fingerprint density at radius 2 is 1.95 bits per heavy atom. The SMILES string of the molecule is CC(C)OC(=O)C(C)NP(=O)(OCCSC(=O)C(C)(C)CO)OC1[C@]2(O)[C@@](C)(O)[C@H](n3ccc(=O)[nH]c3=O)O[C@]12CF. The molecule has 1 saturated heterocycles. The van der Waals surface area contributed by atoms with E-state index in [2.05, 4.69) is 5.09 Å². The number of aliphatic hydroxyl groups is 3. The highest BCUT2D eigenvalue weighted by Crippen LogP contribution is 2.71. The second-order valence-corrected chi connectivity index (χ2v) is 14.0. The first-order chi connectivity index (χ1) is 19.3. The van der Waals surface area contributed by atoms with E-state index in [4.69, 9.17) is 18.5 Å². The van der Waals surface area contributed by atoms with Crippen LogP contribution in [0.25, 0.3) is 0 Å². The topological polar surface area (TPSA) is 216 Å². The third-order valence-electron chi connectivity index (χ3n) is 7.07. The lowest BCUT2D eigenvalue weighted by Gasteiger charge is -2.33. The van der Waals surface area contributed by atoms with Crippen LogP contribution in [-0.4, -0.2) is 96.6 Å². The van der Waals surface area contributed by atoms with Crippen molar-refractivity contribution >= 4 is 30.6 Å². The fourth-order valence-corrected chi connectivity index (χ4v) is 7.16. The average Bonchev–Trinajstić information content (AvgIpc) is 3.34. The number of hydrogen-bond donors (Lipinski definition) is 5. The molecular weight excluding hydrogens is 604 g/mol. The molecule has 2 aliphatic rings. The third-order valence-corrected chi connectivity index (χ3v) is 9.97. The Morgan fingerprint density at radius 3 is 2.48 bits per heavy atom. The van der Waals surface area contributed by atoms with Gasteiger partial charge in [-0.1, -0.05) is 11.8 Å². The van der Waals surface area contributed by atoms with Crippen LogP contribution in [0.5, 0.6) is 0 Å². The lowest BCUT2D eigenvalue weighted by Crippen LogP contribution is -2.51. The lowest BCUT2D eigenvalue weighted by atomic mass is 9.94. The molecule has 0 radical (unpaired) electrons. The molecule has 7 atom stereocenters. The molecule has 2 fully saturated rings. The minimum Gasteiger partial charge on any atom is -0.462 e. The van der Waals surface area contributed by atoms with Crippen molar-refractivity contribution < 1.29 is 52.4 Å². The van der Waals surface area contributed by atoms with Crippen LogP contribution in [0.4, 0.5) is 4.39 Å². The number of halogens is 1. The number of esters is 1. The zero-order valence-corrected chi connectivity index (χ0v) is 25.7. The van der Waals surface area contributed by atoms with Gasteiger partial charge in [0.15, 0.2) is 22.5 Å². The summed E-state index contributed by atoms with van der Waals surface area (Å²) in [6.45, 7) is 6.32. The Balaban J connectivity index is 1.85. The predicted molar refractivity (Wildman–Crippen MR) is 146 cm³/mol. The Labute approximate surface area is 244 Å². The largest absolute Gasteiger partial charge is 0.462 e. The number of H-pyrrole nitrogens is 1. The maximum absolute atomic E-state index is 14.6. The maximum atomic E-state index is 14.6. The summed E-state index contributed by atoms with van der Waals surface area (Å²) in [5.41, 5.74) is -10.1. The van der Waals surface area contributed by atoms with Crippen LogP contribution in [0.3, 0.4) is 0 Å². The van der Waals surface area contributed by atoms with Crippen LogP contribution in [0.15, 0.2) is 21.9 Å². The van der Waals surface area contributed by atoms with Gasteiger partial charge >= 0.3 is 19.4 Å². The molecule has 15 nitrogen and oxygen atoms in total. The molecule has 0 bridgehead atoms. The standard InChI is InChI=1S/C24H37FN3O12PS/c1-13(2)38-16(31)14(3)27-41(36,37-9-10-42-19(32)21(4,5)12-29)40-17-23(11-25)24(17,35)22(6,34)18(39-23)28-8-7-15(30)26-20(28)33/h7-8,13-14,17-18,29,34-35H,9-12H2,1-6H3,(H,27,36)(H,26,30,33)/t14?,17?,18-,22+,23-,24+,41?/m1/s1. The number of alkyl halides is 1. The van der Waals surface area contributed by atoms with Gasteiger partial charge < -0.3 is 24.8 Å². The summed E-state index contributed by atoms with van der Waals surface area (Å²) < 4.78 is 50.9. The summed E-state index contributed by atoms with van der Waals surface area (Å²) in [4.78, 5) is 50.5. The number of nitrogens with one attached hydrogen (secondary N) is 2. The van der Waals surface area contributed by atoms with Crippen molar-refractivity contribution in [1.29, 1.82) is 0 Å². The molecule has 2 heterocycles. The van der Waals surface area contributed by atoms with Crippen LogP contribution < -0.4 is 16.3 Å². The molecule has 0 amide bonds. The number of hydrogen-bond acceptors (Lipinski definition) is 13. The Kier molecular flexibility index (Phi) is 10.0. The smallest absolute Gasteiger partial charge is 0.406 e. The van der Waals surface area contributed by atoms with E-state index in [1.807, 2.05) is 4.98 Å². The van der Waals surface area contributed by atoms with Gasteiger partial charge in [-0.25, -0.2) is 18.8 Å². The number of fused-ring (bicyclic) bond motifs is 1. The first kappa shape index (κ1) is 34.5. The first-order valence-electron chi connectivity index (χ1n) is 13.0. The van der Waals surface area contributed by atoms with Crippen molar-refractivity contribution in [2.45, 2.75) is 82.8 Å². The summed E-state index contributed by atoms with van der Waals surface area (Å²) in [5.74, 6) is -0.890. The van der Waals surface area contributed by atoms with E-state index in [1.165, 1.54) is 20.8 Å². The molecule has 1 saturated carbocycles. The molecule has 1 aliphatic heterocycles. The normalized spacial score (nSPS) is 30.9. The summed E-state index contributed by atoms with van der Waals surface area (Å²) >= 11 is 0.785. The Hall–Kier alpha value is -1.95. The zero-order chi connectivity index (χ0) is 31.9. The number of aromatic amines is 1. The van der Waals surface area contributed by atoms with E-state index in [0.717, 1.165) is 35.5 Å². The van der Waals surface area contributed by atoms with E-state index >= 15 is 0 Å². The second-order valence-electron chi connectivity index (χ2n) is 11.3. The molecule has 1 aliphatic carbocycles. The fourth-order valence-electron chi connectivity index (χ4n) is 4.52. The number of rotatable bonds is 14. The summed E-state index contributed by atoms with van der Waals surface area (Å²) in [6, 6.07) is -0.330. The number of carbonyl (C=O) groups excluding carboxylic acids is 2. The van der Waals surface area contributed by atoms with Gasteiger partial charge in [-0.15, -0.1) is 0 Å². The molecule has 1 aromatic heterocycles. The van der Waals surface area contributed by atoms with Crippen molar-refractivity contribution in [2.75, 3.05) is 25.6 Å². The van der Waals surface area contributed by atoms with Gasteiger partial charge in [0.2, 0.25) is 0 Å². The number of aliphatic hydroxyl groups excluding tert-OH is 1. The second kappa shape index (κ2) is 12.2. The van der Waals surface area contributed by atoms with E-state index in [1.54, 1.807) is 13.8 Å². The molecule has 0 spiro atoms. The minimum absolute atomic E-state index is 0.0588. The van der Waals surface area contributed by atoms with Gasteiger partial charge in [-0.05, 0) is 41.5 Å². The van der Waals surface area contributed by atoms with E-state index in [-0.39, 0.29) is 10.9 Å². The summed E-state index contributed by atoms with van der Waals surface area (Å²) in [5, 5.41) is 34.2. The number of aromatic nitrogens is 2. The molecular formula is C24H37FN3O12PS. The molecule has 3 unspecified atom stereocenters. The zero-order valence-electron chi connectivity index (χ0n) is 24.0. The van der Waals surface area contributed by atoms with Gasteiger partial charge in [-0.2, -0.15) is 0 Å². The van der Waals surface area contributed by atoms with E-state index in [0.29, 0.717) is 0 Å². The van der Waals surface area contributed by atoms with Crippen LogP contribution >= 0.6 is 19.5 Å². The lowest BCUT2D eigenvalue weighted by molar-refractivity contribution is -0.165. The van der Waals surface area contributed by atoms with Gasteiger partial charge in [0.25, 0.3) is 5.56 Å². The Morgan fingerprint density at radius 1 is 1.31 bits per heavy atom. The van der Waals surface area contributed by atoms with E-state index in [9.17, 15) is 43.5 Å². The van der Waals surface area contributed by atoms with Crippen molar-refractivity contribution in [3.8, 4) is 0 Å².